The fourth-order valence-electron chi connectivity index (χ4n) is 0.769. The van der Waals surface area contributed by atoms with Gasteiger partial charge in [-0.1, -0.05) is 12.1 Å². The van der Waals surface area contributed by atoms with E-state index < -0.39 is 0 Å². The summed E-state index contributed by atoms with van der Waals surface area (Å²) >= 11 is 0. The largest absolute Gasteiger partial charge is 0.276 e. The van der Waals surface area contributed by atoms with Gasteiger partial charge in [0.2, 0.25) is 6.41 Å². The van der Waals surface area contributed by atoms with E-state index in [2.05, 4.69) is 5.32 Å². The summed E-state index contributed by atoms with van der Waals surface area (Å²) in [5.74, 6) is 0. The third kappa shape index (κ3) is 1.58. The van der Waals surface area contributed by atoms with E-state index >= 15 is 0 Å². The number of amides is 1. The van der Waals surface area contributed by atoms with Gasteiger partial charge in [0.15, 0.2) is 0 Å². The molecule has 0 spiro atoms. The summed E-state index contributed by atoms with van der Waals surface area (Å²) in [6.45, 7) is 1.96. The van der Waals surface area contributed by atoms with E-state index in [4.69, 9.17) is 0 Å². The van der Waals surface area contributed by atoms with E-state index in [1.807, 2.05) is 25.1 Å². The minimum Gasteiger partial charge on any atom is -0.276 e. The summed E-state index contributed by atoms with van der Waals surface area (Å²) in [5.41, 5.74) is 1.83. The van der Waals surface area contributed by atoms with Crippen molar-refractivity contribution in [2.45, 2.75) is 6.92 Å². The molecule has 1 amide bonds. The molecule has 1 aromatic carbocycles. The Morgan fingerprint density at radius 1 is 1.50 bits per heavy atom. The van der Waals surface area contributed by atoms with Gasteiger partial charge < -0.3 is 0 Å². The topological polar surface area (TPSA) is 31.2 Å². The predicted molar refractivity (Wildman–Crippen MR) is 39.0 cm³/mol. The van der Waals surface area contributed by atoms with Crippen molar-refractivity contribution in [2.24, 2.45) is 0 Å². The number of hydrogen-bond donors (Lipinski definition) is 0. The Morgan fingerprint density at radius 2 is 2.30 bits per heavy atom. The molecule has 2 heteroatoms. The Hall–Kier alpha value is -1.31. The van der Waals surface area contributed by atoms with E-state index in [9.17, 15) is 4.79 Å². The first-order valence-electron chi connectivity index (χ1n) is 3.04. The van der Waals surface area contributed by atoms with Crippen LogP contribution in [0.4, 0.5) is 5.69 Å². The van der Waals surface area contributed by atoms with Crippen molar-refractivity contribution in [2.75, 3.05) is 0 Å². The molecule has 10 heavy (non-hydrogen) atoms. The highest BCUT2D eigenvalue weighted by atomic mass is 16.1. The molecular weight excluding hydrogens is 126 g/mol. The summed E-state index contributed by atoms with van der Waals surface area (Å²) in [5, 5.41) is 3.59. The maximum absolute atomic E-state index is 9.92. The lowest BCUT2D eigenvalue weighted by atomic mass is 10.2. The van der Waals surface area contributed by atoms with Gasteiger partial charge in [0.1, 0.15) is 0 Å². The molecule has 0 N–H and O–H groups in total. The van der Waals surface area contributed by atoms with Crippen molar-refractivity contribution in [3.05, 3.63) is 29.8 Å². The second-order valence-electron chi connectivity index (χ2n) is 2.07. The average Bonchev–Trinajstić information content (AvgIpc) is 1.88. The number of hydrogen-bond acceptors (Lipinski definition) is 1. The van der Waals surface area contributed by atoms with Gasteiger partial charge in [-0.15, -0.1) is 0 Å². The minimum absolute atomic E-state index is 0.550. The van der Waals surface area contributed by atoms with Crippen LogP contribution in [-0.2, 0) is 4.79 Å². The molecule has 1 aromatic rings. The van der Waals surface area contributed by atoms with Gasteiger partial charge in [0.05, 0.1) is 5.69 Å². The zero-order chi connectivity index (χ0) is 7.40. The highest BCUT2D eigenvalue weighted by Gasteiger charge is 1.89. The molecule has 0 aliphatic rings. The van der Waals surface area contributed by atoms with Crippen molar-refractivity contribution in [3.63, 3.8) is 0 Å². The molecule has 1 radical (unpaired) electrons. The molecule has 0 fully saturated rings. The molecule has 0 aliphatic heterocycles. The van der Waals surface area contributed by atoms with Crippen LogP contribution in [0.3, 0.4) is 0 Å². The Kier molecular flexibility index (Phi) is 2.05. The maximum Gasteiger partial charge on any atom is 0.233 e. The van der Waals surface area contributed by atoms with Gasteiger partial charge >= 0.3 is 0 Å². The molecule has 0 bridgehead atoms. The van der Waals surface area contributed by atoms with Crippen molar-refractivity contribution < 1.29 is 4.79 Å². The third-order valence-corrected chi connectivity index (χ3v) is 1.20. The van der Waals surface area contributed by atoms with Crippen molar-refractivity contribution in [1.29, 1.82) is 0 Å². The Balaban J connectivity index is 2.84. The van der Waals surface area contributed by atoms with Crippen LogP contribution in [0.25, 0.3) is 0 Å². The van der Waals surface area contributed by atoms with Crippen molar-refractivity contribution in [1.82, 2.24) is 5.32 Å². The van der Waals surface area contributed by atoms with E-state index in [1.54, 1.807) is 6.07 Å². The van der Waals surface area contributed by atoms with Crippen LogP contribution in [0.15, 0.2) is 24.3 Å². The molecule has 0 aromatic heterocycles. The standard InChI is InChI=1S/C8H8NO/c1-7-3-2-4-8(5-7)9-6-10/h2-6H,1H3. The molecule has 0 unspecified atom stereocenters. The van der Waals surface area contributed by atoms with Crippen LogP contribution in [-0.4, -0.2) is 6.41 Å². The summed E-state index contributed by atoms with van der Waals surface area (Å²) in [6, 6.07) is 7.48. The number of benzene rings is 1. The molecule has 51 valence electrons. The molecule has 1 rings (SSSR count). The smallest absolute Gasteiger partial charge is 0.233 e. The van der Waals surface area contributed by atoms with Gasteiger partial charge in [-0.3, -0.25) is 4.79 Å². The molecular formula is C8H8NO. The third-order valence-electron chi connectivity index (χ3n) is 1.20. The SMILES string of the molecule is Cc1cccc([N]C=O)c1. The fraction of sp³-hybridized carbons (Fsp3) is 0.125. The van der Waals surface area contributed by atoms with Crippen molar-refractivity contribution >= 4 is 12.1 Å². The van der Waals surface area contributed by atoms with Crippen LogP contribution >= 0.6 is 0 Å². The van der Waals surface area contributed by atoms with E-state index in [1.165, 1.54) is 0 Å². The zero-order valence-electron chi connectivity index (χ0n) is 5.74. The molecule has 0 heterocycles. The highest BCUT2D eigenvalue weighted by molar-refractivity contribution is 5.58. The zero-order valence-corrected chi connectivity index (χ0v) is 5.74. The predicted octanol–water partition coefficient (Wildman–Crippen LogP) is 1.39. The lowest BCUT2D eigenvalue weighted by molar-refractivity contribution is -0.108. The average molecular weight is 134 g/mol. The monoisotopic (exact) mass is 134 g/mol. The first kappa shape index (κ1) is 6.81. The molecule has 0 aliphatic carbocycles. The van der Waals surface area contributed by atoms with Crippen LogP contribution in [0, 0.1) is 6.92 Å². The van der Waals surface area contributed by atoms with Crippen LogP contribution in [0.2, 0.25) is 0 Å². The first-order chi connectivity index (χ1) is 4.83. The number of nitrogens with zero attached hydrogens (tertiary/aromatic N) is 1. The lowest BCUT2D eigenvalue weighted by Crippen LogP contribution is -1.91. The first-order valence-corrected chi connectivity index (χ1v) is 3.04. The highest BCUT2D eigenvalue weighted by Crippen LogP contribution is 2.07. The van der Waals surface area contributed by atoms with Gasteiger partial charge in [0.25, 0.3) is 0 Å². The molecule has 0 atom stereocenters. The van der Waals surface area contributed by atoms with E-state index in [0.717, 1.165) is 11.3 Å². The lowest BCUT2D eigenvalue weighted by Gasteiger charge is -1.94. The van der Waals surface area contributed by atoms with Crippen molar-refractivity contribution in [3.8, 4) is 0 Å². The van der Waals surface area contributed by atoms with Crippen LogP contribution in [0.5, 0.6) is 0 Å². The number of carbonyl (C=O) groups excluding carboxylic acids is 1. The Bertz CT molecular complexity index is 232. The van der Waals surface area contributed by atoms with E-state index in [-0.39, 0.29) is 0 Å². The number of rotatable bonds is 2. The normalized spacial score (nSPS) is 8.90. The van der Waals surface area contributed by atoms with Crippen LogP contribution in [0.1, 0.15) is 5.56 Å². The van der Waals surface area contributed by atoms with Gasteiger partial charge in [-0.05, 0) is 24.6 Å². The minimum atomic E-state index is 0.550. The number of carbonyl (C=O) groups is 1. The second kappa shape index (κ2) is 3.01. The summed E-state index contributed by atoms with van der Waals surface area (Å²) in [4.78, 5) is 9.92. The van der Waals surface area contributed by atoms with Crippen LogP contribution < -0.4 is 5.32 Å². The summed E-state index contributed by atoms with van der Waals surface area (Å²) in [6.07, 6.45) is 0.550. The maximum atomic E-state index is 9.92. The Labute approximate surface area is 59.9 Å². The van der Waals surface area contributed by atoms with Gasteiger partial charge in [-0.25, -0.2) is 5.32 Å². The van der Waals surface area contributed by atoms with E-state index in [0.29, 0.717) is 6.41 Å². The Morgan fingerprint density at radius 3 is 2.90 bits per heavy atom. The second-order valence-corrected chi connectivity index (χ2v) is 2.07. The van der Waals surface area contributed by atoms with Gasteiger partial charge in [-0.2, -0.15) is 0 Å². The fourth-order valence-corrected chi connectivity index (χ4v) is 0.769. The summed E-state index contributed by atoms with van der Waals surface area (Å²) in [7, 11) is 0. The summed E-state index contributed by atoms with van der Waals surface area (Å²) < 4.78 is 0. The molecule has 2 nitrogen and oxygen atoms in total. The quantitative estimate of drug-likeness (QED) is 0.562. The molecule has 0 saturated heterocycles. The molecule has 0 saturated carbocycles. The van der Waals surface area contributed by atoms with Gasteiger partial charge in [0, 0.05) is 0 Å². The number of aryl methyl sites for hydroxylation is 1.